The highest BCUT2D eigenvalue weighted by atomic mass is 16.5. The Morgan fingerprint density at radius 3 is 2.56 bits per heavy atom. The van der Waals surface area contributed by atoms with E-state index in [1.165, 1.54) is 14.2 Å². The van der Waals surface area contributed by atoms with Gasteiger partial charge in [-0.3, -0.25) is 19.2 Å². The lowest BCUT2D eigenvalue weighted by Gasteiger charge is -2.22. The van der Waals surface area contributed by atoms with E-state index >= 15 is 0 Å². The number of nitrogens with zero attached hydrogens (tertiary/aromatic N) is 2. The van der Waals surface area contributed by atoms with E-state index in [0.29, 0.717) is 46.5 Å². The summed E-state index contributed by atoms with van der Waals surface area (Å²) in [5, 5.41) is 5.88. The van der Waals surface area contributed by atoms with Gasteiger partial charge < -0.3 is 39.5 Å². The number of methoxy groups -OCH3 is 2. The van der Waals surface area contributed by atoms with E-state index in [9.17, 15) is 19.2 Å². The number of likely N-dealkylation sites (tertiary alicyclic amines) is 1. The molecule has 1 aromatic heterocycles. The molecule has 5 aliphatic heterocycles. The van der Waals surface area contributed by atoms with E-state index in [1.54, 1.807) is 49.1 Å². The van der Waals surface area contributed by atoms with Crippen molar-refractivity contribution in [2.24, 2.45) is 0 Å². The molecule has 13 nitrogen and oxygen atoms in total. The van der Waals surface area contributed by atoms with Crippen LogP contribution in [0.5, 0.6) is 23.0 Å². The Hall–Kier alpha value is -5.07. The minimum absolute atomic E-state index is 0.125. The molecule has 1 fully saturated rings. The number of ether oxygens (including phenoxy) is 4. The summed E-state index contributed by atoms with van der Waals surface area (Å²) >= 11 is 0. The lowest BCUT2D eigenvalue weighted by atomic mass is 10.1. The van der Waals surface area contributed by atoms with Crippen LogP contribution in [0.4, 0.5) is 0 Å². The molecular weight excluding hydrogens is 582 g/mol. The van der Waals surface area contributed by atoms with Gasteiger partial charge in [-0.05, 0) is 50.1 Å². The summed E-state index contributed by atoms with van der Waals surface area (Å²) in [5.41, 5.74) is 2.06. The number of nitrogens with one attached hydrogen (secondary N) is 3. The fraction of sp³-hybridized carbons (Fsp3) is 0.406. The maximum atomic E-state index is 13.4. The minimum Gasteiger partial charge on any atom is -0.496 e. The number of H-pyrrole nitrogens is 1. The molecule has 3 aromatic rings. The van der Waals surface area contributed by atoms with Crippen LogP contribution in [0.15, 0.2) is 41.2 Å². The number of hydrogen-bond donors (Lipinski definition) is 3. The van der Waals surface area contributed by atoms with Crippen molar-refractivity contribution in [2.45, 2.75) is 51.8 Å². The molecule has 0 saturated carbocycles. The first kappa shape index (κ1) is 31.4. The summed E-state index contributed by atoms with van der Waals surface area (Å²) in [4.78, 5) is 60.2. The van der Waals surface area contributed by atoms with E-state index in [1.807, 2.05) is 6.07 Å². The lowest BCUT2D eigenvalue weighted by Crippen LogP contribution is -2.47. The lowest BCUT2D eigenvalue weighted by molar-refractivity contribution is -0.130. The van der Waals surface area contributed by atoms with Crippen LogP contribution in [0.25, 0.3) is 0 Å². The summed E-state index contributed by atoms with van der Waals surface area (Å²) in [7, 11) is 3.03. The second-order valence-corrected chi connectivity index (χ2v) is 11.0. The largest absolute Gasteiger partial charge is 0.496 e. The summed E-state index contributed by atoms with van der Waals surface area (Å²) in [6.45, 7) is 3.65. The molecule has 3 N–H and O–H groups in total. The van der Waals surface area contributed by atoms with Crippen LogP contribution in [-0.2, 0) is 33.8 Å². The van der Waals surface area contributed by atoms with Crippen molar-refractivity contribution in [3.63, 3.8) is 0 Å². The molecule has 4 bridgehead atoms. The molecule has 0 spiro atoms. The molecule has 1 saturated heterocycles. The van der Waals surface area contributed by atoms with Crippen LogP contribution in [0, 0.1) is 13.8 Å². The van der Waals surface area contributed by atoms with Gasteiger partial charge in [0, 0.05) is 42.4 Å². The maximum absolute atomic E-state index is 13.4. The molecule has 13 heteroatoms. The van der Waals surface area contributed by atoms with Crippen molar-refractivity contribution in [2.75, 3.05) is 33.9 Å². The van der Waals surface area contributed by atoms with Crippen LogP contribution in [0.2, 0.25) is 0 Å². The van der Waals surface area contributed by atoms with Crippen LogP contribution in [0.3, 0.4) is 0 Å². The molecule has 0 aliphatic carbocycles. The zero-order chi connectivity index (χ0) is 32.1. The molecule has 238 valence electrons. The standard InChI is InChI=1S/C32H37N5O8/c1-18-23(32(41)35-19(2)34-18)13-31(40)37-15-24-28(16-37)45-22-8-7-21(26(12-22)42-3)14-33-29(38)10-6-20-5-9-25(27(11-20)43-4)44-17-30(39)36-24/h5,7-9,11-12,24,28H,6,10,13-17H2,1-4H3,(H,33,38)(H,36,39)(H,34,35,41)/t24-,28-/m1/s1. The first-order valence-corrected chi connectivity index (χ1v) is 14.7. The third-order valence-corrected chi connectivity index (χ3v) is 7.88. The predicted molar refractivity (Wildman–Crippen MR) is 163 cm³/mol. The van der Waals surface area contributed by atoms with Crippen molar-refractivity contribution in [3.8, 4) is 23.0 Å². The van der Waals surface area contributed by atoms with Gasteiger partial charge in [0.1, 0.15) is 23.4 Å². The van der Waals surface area contributed by atoms with Crippen LogP contribution in [0.1, 0.15) is 34.6 Å². The smallest absolute Gasteiger partial charge is 0.258 e. The molecule has 0 radical (unpaired) electrons. The van der Waals surface area contributed by atoms with Gasteiger partial charge in [-0.15, -0.1) is 0 Å². The Morgan fingerprint density at radius 2 is 1.80 bits per heavy atom. The van der Waals surface area contributed by atoms with E-state index < -0.39 is 18.1 Å². The Bertz CT molecular complexity index is 1650. The zero-order valence-electron chi connectivity index (χ0n) is 25.7. The van der Waals surface area contributed by atoms with E-state index in [4.69, 9.17) is 18.9 Å². The van der Waals surface area contributed by atoms with Gasteiger partial charge in [0.25, 0.3) is 11.5 Å². The number of carbonyl (C=O) groups excluding carboxylic acids is 3. The fourth-order valence-electron chi connectivity index (χ4n) is 5.50. The van der Waals surface area contributed by atoms with Gasteiger partial charge in [0.2, 0.25) is 11.8 Å². The topological polar surface area (TPSA) is 161 Å². The second kappa shape index (κ2) is 13.7. The van der Waals surface area contributed by atoms with Crippen molar-refractivity contribution < 1.29 is 33.3 Å². The van der Waals surface area contributed by atoms with Crippen molar-refractivity contribution in [3.05, 3.63) is 75.0 Å². The Morgan fingerprint density at radius 1 is 1.00 bits per heavy atom. The predicted octanol–water partition coefficient (Wildman–Crippen LogP) is 1.36. The summed E-state index contributed by atoms with van der Waals surface area (Å²) in [6.07, 6.45) is -0.0145. The quantitative estimate of drug-likeness (QED) is 0.392. The van der Waals surface area contributed by atoms with Gasteiger partial charge >= 0.3 is 0 Å². The molecule has 6 heterocycles. The normalized spacial score (nSPS) is 18.7. The zero-order valence-corrected chi connectivity index (χ0v) is 25.7. The van der Waals surface area contributed by atoms with Crippen LogP contribution in [-0.4, -0.2) is 78.7 Å². The van der Waals surface area contributed by atoms with E-state index in [2.05, 4.69) is 20.6 Å². The number of carbonyl (C=O) groups is 3. The highest BCUT2D eigenvalue weighted by Gasteiger charge is 2.38. The number of aromatic nitrogens is 2. The number of amides is 3. The fourth-order valence-corrected chi connectivity index (χ4v) is 5.50. The summed E-state index contributed by atoms with van der Waals surface area (Å²) in [6, 6.07) is 9.99. The van der Waals surface area contributed by atoms with Gasteiger partial charge in [0.15, 0.2) is 18.1 Å². The highest BCUT2D eigenvalue weighted by Crippen LogP contribution is 2.30. The molecular formula is C32H37N5O8. The van der Waals surface area contributed by atoms with Gasteiger partial charge in [-0.25, -0.2) is 4.98 Å². The Kier molecular flexibility index (Phi) is 9.55. The monoisotopic (exact) mass is 619 g/mol. The maximum Gasteiger partial charge on any atom is 0.258 e. The molecule has 8 rings (SSSR count). The van der Waals surface area contributed by atoms with Crippen molar-refractivity contribution >= 4 is 17.7 Å². The Labute approximate surface area is 260 Å². The summed E-state index contributed by atoms with van der Waals surface area (Å²) < 4.78 is 23.1. The highest BCUT2D eigenvalue weighted by molar-refractivity contribution is 5.81. The SMILES string of the molecule is COc1cc2ccc1CNC(=O)CCc1ccc(c(OC)c1)OCC(=O)N[C@@H]1CN(C(=O)Cc3c(C)nc(C)[nH]c3=O)C[C@H]1O2. The number of aromatic amines is 1. The molecule has 45 heavy (non-hydrogen) atoms. The van der Waals surface area contributed by atoms with E-state index in [0.717, 1.165) is 11.1 Å². The van der Waals surface area contributed by atoms with Gasteiger partial charge in [0.05, 0.1) is 33.2 Å². The first-order chi connectivity index (χ1) is 21.6. The number of rotatable bonds is 4. The van der Waals surface area contributed by atoms with E-state index in [-0.39, 0.29) is 56.5 Å². The molecule has 0 unspecified atom stereocenters. The molecule has 3 amide bonds. The average molecular weight is 620 g/mol. The first-order valence-electron chi connectivity index (χ1n) is 14.7. The summed E-state index contributed by atoms with van der Waals surface area (Å²) in [5.74, 6) is 1.44. The van der Waals surface area contributed by atoms with Gasteiger partial charge in [-0.1, -0.05) is 6.07 Å². The molecule has 2 aromatic carbocycles. The average Bonchev–Trinajstić information content (AvgIpc) is 3.41. The molecule has 5 aliphatic rings. The van der Waals surface area contributed by atoms with Crippen LogP contribution < -0.4 is 35.1 Å². The second-order valence-electron chi connectivity index (χ2n) is 11.0. The van der Waals surface area contributed by atoms with Crippen molar-refractivity contribution in [1.29, 1.82) is 0 Å². The number of benzene rings is 2. The number of aryl methyl sites for hydroxylation is 3. The Balaban J connectivity index is 1.41. The van der Waals surface area contributed by atoms with Crippen molar-refractivity contribution in [1.82, 2.24) is 25.5 Å². The molecule has 2 atom stereocenters. The van der Waals surface area contributed by atoms with Gasteiger partial charge in [-0.2, -0.15) is 0 Å². The van der Waals surface area contributed by atoms with Crippen LogP contribution >= 0.6 is 0 Å². The third kappa shape index (κ3) is 7.54. The third-order valence-electron chi connectivity index (χ3n) is 7.88. The minimum atomic E-state index is -0.622. The number of hydrogen-bond acceptors (Lipinski definition) is 9.